The topological polar surface area (TPSA) is 92.5 Å². The Hall–Kier alpha value is -2.44. The summed E-state index contributed by atoms with van der Waals surface area (Å²) in [6, 6.07) is 10.8. The van der Waals surface area contributed by atoms with Crippen molar-refractivity contribution in [2.75, 3.05) is 0 Å². The quantitative estimate of drug-likeness (QED) is 0.654. The van der Waals surface area contributed by atoms with Gasteiger partial charge in [0.25, 0.3) is 11.6 Å². The van der Waals surface area contributed by atoms with Gasteiger partial charge in [0.15, 0.2) is 0 Å². The largest absolute Gasteiger partial charge is 0.392 e. The number of nitrogens with one attached hydrogen (secondary N) is 1. The number of non-ortho nitro benzene ring substituents is 1. The number of aliphatic hydroxyl groups is 1. The second kappa shape index (κ2) is 7.02. The van der Waals surface area contributed by atoms with Crippen molar-refractivity contribution in [2.45, 2.75) is 13.2 Å². The van der Waals surface area contributed by atoms with Crippen LogP contribution in [0.15, 0.2) is 42.5 Å². The van der Waals surface area contributed by atoms with Crippen LogP contribution in [0.25, 0.3) is 0 Å². The lowest BCUT2D eigenvalue weighted by atomic mass is 10.1. The molecule has 0 aliphatic carbocycles. The summed E-state index contributed by atoms with van der Waals surface area (Å²) in [6.45, 7) is 0.104. The highest BCUT2D eigenvalue weighted by molar-refractivity contribution is 6.34. The SMILES string of the molecule is O=C(NCc1ccccc1CO)c1ccc([N+](=O)[O-])cc1Cl. The van der Waals surface area contributed by atoms with E-state index in [0.29, 0.717) is 0 Å². The molecule has 0 bridgehead atoms. The Morgan fingerprint density at radius 1 is 1.23 bits per heavy atom. The van der Waals surface area contributed by atoms with Gasteiger partial charge in [0.05, 0.1) is 22.1 Å². The maximum atomic E-state index is 12.1. The van der Waals surface area contributed by atoms with Gasteiger partial charge in [0.2, 0.25) is 0 Å². The van der Waals surface area contributed by atoms with E-state index >= 15 is 0 Å². The fourth-order valence-electron chi connectivity index (χ4n) is 1.96. The van der Waals surface area contributed by atoms with E-state index in [0.717, 1.165) is 17.2 Å². The minimum absolute atomic E-state index is 0.0159. The van der Waals surface area contributed by atoms with Crippen LogP contribution in [0.3, 0.4) is 0 Å². The minimum atomic E-state index is -0.578. The number of carbonyl (C=O) groups excluding carboxylic acids is 1. The van der Waals surface area contributed by atoms with Gasteiger partial charge in [0.1, 0.15) is 0 Å². The second-order valence-electron chi connectivity index (χ2n) is 4.53. The van der Waals surface area contributed by atoms with E-state index in [9.17, 15) is 20.0 Å². The van der Waals surface area contributed by atoms with E-state index in [4.69, 9.17) is 11.6 Å². The van der Waals surface area contributed by atoms with E-state index in [1.54, 1.807) is 24.3 Å². The molecule has 0 radical (unpaired) electrons. The Bertz CT molecular complexity index is 718. The molecule has 0 spiro atoms. The molecule has 0 unspecified atom stereocenters. The van der Waals surface area contributed by atoms with Crippen LogP contribution < -0.4 is 5.32 Å². The molecule has 0 saturated carbocycles. The molecule has 2 N–H and O–H groups in total. The van der Waals surface area contributed by atoms with Gasteiger partial charge in [-0.1, -0.05) is 35.9 Å². The summed E-state index contributed by atoms with van der Waals surface area (Å²) < 4.78 is 0. The van der Waals surface area contributed by atoms with Gasteiger partial charge in [-0.05, 0) is 17.2 Å². The normalized spacial score (nSPS) is 10.3. The van der Waals surface area contributed by atoms with Gasteiger partial charge < -0.3 is 10.4 Å². The summed E-state index contributed by atoms with van der Waals surface area (Å²) in [5.41, 5.74) is 1.50. The van der Waals surface area contributed by atoms with Crippen molar-refractivity contribution in [3.63, 3.8) is 0 Å². The molecule has 2 aromatic rings. The molecule has 6 nitrogen and oxygen atoms in total. The number of nitrogens with zero attached hydrogens (tertiary/aromatic N) is 1. The lowest BCUT2D eigenvalue weighted by Gasteiger charge is -2.09. The zero-order chi connectivity index (χ0) is 16.1. The molecule has 0 aliphatic rings. The number of amides is 1. The maximum absolute atomic E-state index is 12.1. The first-order chi connectivity index (χ1) is 10.5. The number of carbonyl (C=O) groups is 1. The molecule has 7 heteroatoms. The molecular weight excluding hydrogens is 308 g/mol. The van der Waals surface area contributed by atoms with Crippen molar-refractivity contribution in [1.29, 1.82) is 0 Å². The molecular formula is C15H13ClN2O4. The summed E-state index contributed by atoms with van der Waals surface area (Å²) in [4.78, 5) is 22.2. The van der Waals surface area contributed by atoms with Gasteiger partial charge in [0, 0.05) is 18.7 Å². The van der Waals surface area contributed by atoms with Crippen LogP contribution >= 0.6 is 11.6 Å². The first kappa shape index (κ1) is 15.9. The number of nitro groups is 1. The van der Waals surface area contributed by atoms with Crippen molar-refractivity contribution >= 4 is 23.2 Å². The highest BCUT2D eigenvalue weighted by atomic mass is 35.5. The van der Waals surface area contributed by atoms with Crippen molar-refractivity contribution < 1.29 is 14.8 Å². The summed E-state index contributed by atoms with van der Waals surface area (Å²) in [7, 11) is 0. The molecule has 0 atom stereocenters. The molecule has 0 saturated heterocycles. The van der Waals surface area contributed by atoms with Gasteiger partial charge in [-0.25, -0.2) is 0 Å². The third kappa shape index (κ3) is 3.60. The van der Waals surface area contributed by atoms with Crippen LogP contribution in [0.5, 0.6) is 0 Å². The maximum Gasteiger partial charge on any atom is 0.270 e. The van der Waals surface area contributed by atoms with Crippen molar-refractivity contribution in [1.82, 2.24) is 5.32 Å². The van der Waals surface area contributed by atoms with Crippen LogP contribution in [0.4, 0.5) is 5.69 Å². The van der Waals surface area contributed by atoms with Crippen LogP contribution in [-0.2, 0) is 13.2 Å². The third-order valence-corrected chi connectivity index (χ3v) is 3.45. The Morgan fingerprint density at radius 2 is 1.91 bits per heavy atom. The summed E-state index contributed by atoms with van der Waals surface area (Å²) in [6.07, 6.45) is 0. The number of benzene rings is 2. The molecule has 0 aliphatic heterocycles. The fourth-order valence-corrected chi connectivity index (χ4v) is 2.22. The molecule has 1 amide bonds. The second-order valence-corrected chi connectivity index (χ2v) is 4.94. The molecule has 2 rings (SSSR count). The smallest absolute Gasteiger partial charge is 0.270 e. The lowest BCUT2D eigenvalue weighted by Crippen LogP contribution is -2.23. The van der Waals surface area contributed by atoms with Crippen molar-refractivity contribution in [3.05, 3.63) is 74.3 Å². The van der Waals surface area contributed by atoms with Gasteiger partial charge in [-0.3, -0.25) is 14.9 Å². The van der Waals surface area contributed by atoms with E-state index < -0.39 is 10.8 Å². The summed E-state index contributed by atoms with van der Waals surface area (Å²) in [5, 5.41) is 22.6. The Labute approximate surface area is 131 Å². The number of hydrogen-bond acceptors (Lipinski definition) is 4. The predicted molar refractivity (Wildman–Crippen MR) is 81.6 cm³/mol. The molecule has 2 aromatic carbocycles. The van der Waals surface area contributed by atoms with Crippen LogP contribution in [0.1, 0.15) is 21.5 Å². The fraction of sp³-hybridized carbons (Fsp3) is 0.133. The summed E-state index contributed by atoms with van der Waals surface area (Å²) in [5.74, 6) is -0.437. The number of hydrogen-bond donors (Lipinski definition) is 2. The Morgan fingerprint density at radius 3 is 2.50 bits per heavy atom. The first-order valence-corrected chi connectivity index (χ1v) is 6.80. The zero-order valence-corrected chi connectivity index (χ0v) is 12.2. The van der Waals surface area contributed by atoms with Crippen LogP contribution in [0.2, 0.25) is 5.02 Å². The highest BCUT2D eigenvalue weighted by Crippen LogP contribution is 2.22. The van der Waals surface area contributed by atoms with Crippen LogP contribution in [-0.4, -0.2) is 15.9 Å². The Balaban J connectivity index is 2.11. The lowest BCUT2D eigenvalue weighted by molar-refractivity contribution is -0.384. The van der Waals surface area contributed by atoms with E-state index in [1.807, 2.05) is 0 Å². The third-order valence-electron chi connectivity index (χ3n) is 3.14. The molecule has 0 aromatic heterocycles. The average molecular weight is 321 g/mol. The van der Waals surface area contributed by atoms with Gasteiger partial charge >= 0.3 is 0 Å². The zero-order valence-electron chi connectivity index (χ0n) is 11.5. The van der Waals surface area contributed by atoms with E-state index in [-0.39, 0.29) is 29.4 Å². The van der Waals surface area contributed by atoms with E-state index in [2.05, 4.69) is 5.32 Å². The standard InChI is InChI=1S/C15H13ClN2O4/c16-14-7-12(18(21)22)5-6-13(14)15(20)17-8-10-3-1-2-4-11(10)9-19/h1-7,19H,8-9H2,(H,17,20). The predicted octanol–water partition coefficient (Wildman–Crippen LogP) is 2.67. The molecule has 22 heavy (non-hydrogen) atoms. The molecule has 0 heterocycles. The van der Waals surface area contributed by atoms with Gasteiger partial charge in [-0.15, -0.1) is 0 Å². The number of halogens is 1. The van der Waals surface area contributed by atoms with Crippen molar-refractivity contribution in [2.24, 2.45) is 0 Å². The molecule has 114 valence electrons. The number of aliphatic hydroxyl groups excluding tert-OH is 1. The highest BCUT2D eigenvalue weighted by Gasteiger charge is 2.15. The van der Waals surface area contributed by atoms with E-state index in [1.165, 1.54) is 12.1 Å². The Kier molecular flexibility index (Phi) is 5.08. The monoisotopic (exact) mass is 320 g/mol. The number of rotatable bonds is 5. The molecule has 0 fully saturated rings. The average Bonchev–Trinajstić information content (AvgIpc) is 2.52. The summed E-state index contributed by atoms with van der Waals surface area (Å²) >= 11 is 5.90. The van der Waals surface area contributed by atoms with Crippen LogP contribution in [0, 0.1) is 10.1 Å². The number of nitro benzene ring substituents is 1. The van der Waals surface area contributed by atoms with Crippen molar-refractivity contribution in [3.8, 4) is 0 Å². The first-order valence-electron chi connectivity index (χ1n) is 6.42. The minimum Gasteiger partial charge on any atom is -0.392 e. The van der Waals surface area contributed by atoms with Gasteiger partial charge in [-0.2, -0.15) is 0 Å².